The standard InChI is InChI=1S/C9H16N2S/c1-2-10-9-11-6-3-4-8(11)5-7-12-9/h8H,2-7H2,1H3. The minimum absolute atomic E-state index is 0.830. The highest BCUT2D eigenvalue weighted by Gasteiger charge is 2.30. The van der Waals surface area contributed by atoms with E-state index in [-0.39, 0.29) is 0 Å². The number of hydrogen-bond acceptors (Lipinski definition) is 2. The molecular formula is C9H16N2S. The van der Waals surface area contributed by atoms with E-state index in [2.05, 4.69) is 16.8 Å². The molecular weight excluding hydrogens is 168 g/mol. The van der Waals surface area contributed by atoms with Crippen molar-refractivity contribution < 1.29 is 0 Å². The molecule has 0 N–H and O–H groups in total. The van der Waals surface area contributed by atoms with E-state index in [1.807, 2.05) is 11.8 Å². The van der Waals surface area contributed by atoms with Crippen LogP contribution in [0.15, 0.2) is 4.99 Å². The number of rotatable bonds is 1. The first-order chi connectivity index (χ1) is 5.92. The van der Waals surface area contributed by atoms with Crippen molar-refractivity contribution in [3.63, 3.8) is 0 Å². The van der Waals surface area contributed by atoms with Crippen LogP contribution < -0.4 is 0 Å². The van der Waals surface area contributed by atoms with E-state index in [9.17, 15) is 0 Å². The molecule has 3 heteroatoms. The summed E-state index contributed by atoms with van der Waals surface area (Å²) in [4.78, 5) is 7.04. The highest BCUT2D eigenvalue weighted by molar-refractivity contribution is 8.13. The molecule has 1 atom stereocenters. The summed E-state index contributed by atoms with van der Waals surface area (Å²) in [6.07, 6.45) is 4.13. The molecule has 2 rings (SSSR count). The van der Waals surface area contributed by atoms with Gasteiger partial charge in [-0.25, -0.2) is 0 Å². The summed E-state index contributed by atoms with van der Waals surface area (Å²) in [6, 6.07) is 0.830. The zero-order chi connectivity index (χ0) is 8.39. The Labute approximate surface area is 78.4 Å². The van der Waals surface area contributed by atoms with Gasteiger partial charge >= 0.3 is 0 Å². The molecule has 2 aliphatic heterocycles. The van der Waals surface area contributed by atoms with Crippen molar-refractivity contribution in [2.75, 3.05) is 18.8 Å². The average molecular weight is 184 g/mol. The first kappa shape index (κ1) is 8.42. The van der Waals surface area contributed by atoms with Gasteiger partial charge in [0.1, 0.15) is 0 Å². The van der Waals surface area contributed by atoms with E-state index in [4.69, 9.17) is 0 Å². The fourth-order valence-electron chi connectivity index (χ4n) is 2.03. The Morgan fingerprint density at radius 3 is 3.33 bits per heavy atom. The third kappa shape index (κ3) is 1.47. The Kier molecular flexibility index (Phi) is 2.59. The summed E-state index contributed by atoms with van der Waals surface area (Å²) >= 11 is 1.94. The quantitative estimate of drug-likeness (QED) is 0.619. The molecule has 2 nitrogen and oxygen atoms in total. The Hall–Kier alpha value is -0.180. The predicted octanol–water partition coefficient (Wildman–Crippen LogP) is 1.96. The molecule has 0 amide bonds. The SMILES string of the molecule is CCN=C1SCCC2CCCN12. The second-order valence-electron chi connectivity index (χ2n) is 3.38. The largest absolute Gasteiger partial charge is 0.348 e. The van der Waals surface area contributed by atoms with Crippen molar-refractivity contribution in [2.45, 2.75) is 32.2 Å². The van der Waals surface area contributed by atoms with E-state index in [0.29, 0.717) is 0 Å². The summed E-state index contributed by atoms with van der Waals surface area (Å²) in [5, 5.41) is 1.31. The van der Waals surface area contributed by atoms with Crippen LogP contribution in [0, 0.1) is 0 Å². The van der Waals surface area contributed by atoms with Crippen LogP contribution in [0.2, 0.25) is 0 Å². The van der Waals surface area contributed by atoms with Crippen LogP contribution in [0.1, 0.15) is 26.2 Å². The van der Waals surface area contributed by atoms with Crippen molar-refractivity contribution in [1.82, 2.24) is 4.90 Å². The summed E-state index contributed by atoms with van der Waals surface area (Å²) in [6.45, 7) is 4.30. The monoisotopic (exact) mass is 184 g/mol. The van der Waals surface area contributed by atoms with E-state index in [1.54, 1.807) is 0 Å². The van der Waals surface area contributed by atoms with Crippen LogP contribution in [-0.4, -0.2) is 35.0 Å². The van der Waals surface area contributed by atoms with Gasteiger partial charge in [0, 0.05) is 24.9 Å². The highest BCUT2D eigenvalue weighted by atomic mass is 32.2. The minimum Gasteiger partial charge on any atom is -0.348 e. The molecule has 0 saturated carbocycles. The summed E-state index contributed by atoms with van der Waals surface area (Å²) in [5.74, 6) is 1.28. The second-order valence-corrected chi connectivity index (χ2v) is 4.45. The fourth-order valence-corrected chi connectivity index (χ4v) is 3.23. The molecule has 0 aliphatic carbocycles. The third-order valence-electron chi connectivity index (χ3n) is 2.60. The maximum absolute atomic E-state index is 4.53. The Bertz CT molecular complexity index is 191. The van der Waals surface area contributed by atoms with Gasteiger partial charge in [-0.05, 0) is 26.2 Å². The van der Waals surface area contributed by atoms with Crippen LogP contribution in [0.4, 0.5) is 0 Å². The lowest BCUT2D eigenvalue weighted by molar-refractivity contribution is 0.381. The number of aliphatic imine (C=N–C) groups is 1. The van der Waals surface area contributed by atoms with Crippen LogP contribution in [-0.2, 0) is 0 Å². The molecule has 0 aromatic rings. The van der Waals surface area contributed by atoms with Gasteiger partial charge in [0.15, 0.2) is 5.17 Å². The predicted molar refractivity (Wildman–Crippen MR) is 54.8 cm³/mol. The lowest BCUT2D eigenvalue weighted by Gasteiger charge is -2.31. The molecule has 0 radical (unpaired) electrons. The maximum atomic E-state index is 4.53. The van der Waals surface area contributed by atoms with Crippen LogP contribution in [0.5, 0.6) is 0 Å². The van der Waals surface area contributed by atoms with E-state index < -0.39 is 0 Å². The molecule has 0 bridgehead atoms. The summed E-state index contributed by atoms with van der Waals surface area (Å²) in [7, 11) is 0. The average Bonchev–Trinajstić information content (AvgIpc) is 2.53. The van der Waals surface area contributed by atoms with Crippen molar-refractivity contribution in [1.29, 1.82) is 0 Å². The molecule has 0 aromatic carbocycles. The molecule has 2 aliphatic rings. The molecule has 2 saturated heterocycles. The van der Waals surface area contributed by atoms with Crippen LogP contribution in [0.25, 0.3) is 0 Å². The summed E-state index contributed by atoms with van der Waals surface area (Å²) in [5.41, 5.74) is 0. The van der Waals surface area contributed by atoms with Gasteiger partial charge < -0.3 is 4.90 Å². The normalized spacial score (nSPS) is 32.6. The van der Waals surface area contributed by atoms with Crippen molar-refractivity contribution in [3.05, 3.63) is 0 Å². The molecule has 12 heavy (non-hydrogen) atoms. The number of fused-ring (bicyclic) bond motifs is 1. The van der Waals surface area contributed by atoms with Gasteiger partial charge in [-0.15, -0.1) is 0 Å². The Balaban J connectivity index is 2.08. The van der Waals surface area contributed by atoms with Gasteiger partial charge in [-0.1, -0.05) is 11.8 Å². The second kappa shape index (κ2) is 3.69. The fraction of sp³-hybridized carbons (Fsp3) is 0.889. The van der Waals surface area contributed by atoms with E-state index in [1.165, 1.54) is 36.7 Å². The first-order valence-corrected chi connectivity index (χ1v) is 5.84. The van der Waals surface area contributed by atoms with Crippen molar-refractivity contribution >= 4 is 16.9 Å². The molecule has 0 spiro atoms. The van der Waals surface area contributed by atoms with Gasteiger partial charge in [-0.2, -0.15) is 0 Å². The smallest absolute Gasteiger partial charge is 0.159 e. The first-order valence-electron chi connectivity index (χ1n) is 4.85. The Morgan fingerprint density at radius 1 is 1.58 bits per heavy atom. The van der Waals surface area contributed by atoms with E-state index in [0.717, 1.165) is 12.6 Å². The summed E-state index contributed by atoms with van der Waals surface area (Å²) < 4.78 is 0. The van der Waals surface area contributed by atoms with Gasteiger partial charge in [0.25, 0.3) is 0 Å². The number of nitrogens with zero attached hydrogens (tertiary/aromatic N) is 2. The van der Waals surface area contributed by atoms with Gasteiger partial charge in [-0.3, -0.25) is 4.99 Å². The molecule has 68 valence electrons. The molecule has 0 aromatic heterocycles. The lowest BCUT2D eigenvalue weighted by Crippen LogP contribution is -2.38. The van der Waals surface area contributed by atoms with Crippen molar-refractivity contribution in [2.24, 2.45) is 4.99 Å². The topological polar surface area (TPSA) is 15.6 Å². The van der Waals surface area contributed by atoms with Crippen molar-refractivity contribution in [3.8, 4) is 0 Å². The number of thioether (sulfide) groups is 1. The minimum atomic E-state index is 0.830. The molecule has 2 heterocycles. The zero-order valence-corrected chi connectivity index (χ0v) is 8.44. The van der Waals surface area contributed by atoms with E-state index >= 15 is 0 Å². The zero-order valence-electron chi connectivity index (χ0n) is 7.62. The lowest BCUT2D eigenvalue weighted by atomic mass is 10.2. The van der Waals surface area contributed by atoms with Gasteiger partial charge in [0.2, 0.25) is 0 Å². The number of hydrogen-bond donors (Lipinski definition) is 0. The highest BCUT2D eigenvalue weighted by Crippen LogP contribution is 2.30. The van der Waals surface area contributed by atoms with Gasteiger partial charge in [0.05, 0.1) is 0 Å². The maximum Gasteiger partial charge on any atom is 0.159 e. The third-order valence-corrected chi connectivity index (χ3v) is 3.66. The molecule has 2 fully saturated rings. The van der Waals surface area contributed by atoms with Crippen LogP contribution >= 0.6 is 11.8 Å². The molecule has 1 unspecified atom stereocenters. The Morgan fingerprint density at radius 2 is 2.50 bits per heavy atom. The number of amidine groups is 1. The van der Waals surface area contributed by atoms with Crippen LogP contribution in [0.3, 0.4) is 0 Å².